The van der Waals surface area contributed by atoms with Gasteiger partial charge in [-0.05, 0) is 62.1 Å². The van der Waals surface area contributed by atoms with Gasteiger partial charge in [0, 0.05) is 30.1 Å². The highest BCUT2D eigenvalue weighted by Gasteiger charge is 2.22. The minimum Gasteiger partial charge on any atom is -0.309 e. The van der Waals surface area contributed by atoms with Crippen molar-refractivity contribution in [2.75, 3.05) is 11.9 Å². The van der Waals surface area contributed by atoms with E-state index in [9.17, 15) is 4.79 Å². The monoisotopic (exact) mass is 492 g/mol. The Morgan fingerprint density at radius 1 is 0.973 bits per heavy atom. The van der Waals surface area contributed by atoms with Gasteiger partial charge in [-0.15, -0.1) is 0 Å². The van der Waals surface area contributed by atoms with Crippen LogP contribution in [0.15, 0.2) is 85.3 Å². The Kier molecular flexibility index (Phi) is 7.80. The van der Waals surface area contributed by atoms with E-state index in [2.05, 4.69) is 54.5 Å². The number of carbonyl (C=O) groups excluding carboxylic acids is 1. The molecule has 0 saturated carbocycles. The molecule has 4 rings (SSSR count). The lowest BCUT2D eigenvalue weighted by Crippen LogP contribution is -2.35. The third-order valence-electron chi connectivity index (χ3n) is 6.25. The van der Waals surface area contributed by atoms with E-state index in [4.69, 9.17) is 5.26 Å². The van der Waals surface area contributed by atoms with Crippen LogP contribution < -0.4 is 10.6 Å². The lowest BCUT2D eigenvalue weighted by atomic mass is 9.98. The average molecular weight is 493 g/mol. The quantitative estimate of drug-likeness (QED) is 0.332. The van der Waals surface area contributed by atoms with E-state index in [-0.39, 0.29) is 17.4 Å². The van der Waals surface area contributed by atoms with Crippen LogP contribution in [0.5, 0.6) is 0 Å². The van der Waals surface area contributed by atoms with Crippen LogP contribution in [0.25, 0.3) is 11.1 Å². The van der Waals surface area contributed by atoms with Gasteiger partial charge >= 0.3 is 0 Å². The molecule has 0 aliphatic rings. The molecule has 2 unspecified atom stereocenters. The molecule has 0 aliphatic carbocycles. The number of carbonyl (C=O) groups is 1. The number of aromatic nitrogens is 3. The van der Waals surface area contributed by atoms with Gasteiger partial charge in [-0.25, -0.2) is 4.98 Å². The van der Waals surface area contributed by atoms with Crippen LogP contribution in [0.1, 0.15) is 56.3 Å². The molecule has 1 amide bonds. The molecule has 4 aromatic rings. The summed E-state index contributed by atoms with van der Waals surface area (Å²) in [4.78, 5) is 17.8. The van der Waals surface area contributed by atoms with E-state index in [1.165, 1.54) is 0 Å². The van der Waals surface area contributed by atoms with Crippen molar-refractivity contribution in [1.29, 1.82) is 5.26 Å². The van der Waals surface area contributed by atoms with Crippen molar-refractivity contribution in [3.63, 3.8) is 0 Å². The molecular formula is C30H32N6O. The molecule has 0 fully saturated rings. The van der Waals surface area contributed by atoms with E-state index < -0.39 is 6.04 Å². The van der Waals surface area contributed by atoms with Gasteiger partial charge in [-0.2, -0.15) is 10.4 Å². The Labute approximate surface area is 218 Å². The van der Waals surface area contributed by atoms with Gasteiger partial charge in [-0.1, -0.05) is 49.4 Å². The summed E-state index contributed by atoms with van der Waals surface area (Å²) >= 11 is 0. The highest BCUT2D eigenvalue weighted by molar-refractivity contribution is 5.95. The van der Waals surface area contributed by atoms with Gasteiger partial charge in [-0.3, -0.25) is 9.48 Å². The standard InChI is InChI=1S/C30H32N6O/c1-21(23-12-10-22(16-31)11-13-23)17-33-28(24-8-6-5-7-9-24)29(37)35-27-15-14-25(18-32-27)26-19-34-36(20-26)30(2,3)4/h5-15,18-21,28,33H,17H2,1-4H3,(H,32,35,37). The van der Waals surface area contributed by atoms with Gasteiger partial charge in [0.05, 0.1) is 23.4 Å². The molecule has 0 bridgehead atoms. The minimum absolute atomic E-state index is 0.101. The molecule has 0 saturated heterocycles. The van der Waals surface area contributed by atoms with Crippen molar-refractivity contribution in [3.05, 3.63) is 102 Å². The van der Waals surface area contributed by atoms with Crippen molar-refractivity contribution in [1.82, 2.24) is 20.1 Å². The van der Waals surface area contributed by atoms with Crippen molar-refractivity contribution in [2.45, 2.75) is 45.2 Å². The minimum atomic E-state index is -0.548. The van der Waals surface area contributed by atoms with E-state index in [1.807, 2.05) is 83.8 Å². The first-order chi connectivity index (χ1) is 17.7. The number of anilines is 1. The lowest BCUT2D eigenvalue weighted by molar-refractivity contribution is -0.118. The second kappa shape index (κ2) is 11.2. The number of nitrogens with zero attached hydrogens (tertiary/aromatic N) is 4. The fraction of sp³-hybridized carbons (Fsp3) is 0.267. The van der Waals surface area contributed by atoms with Gasteiger partial charge in [0.2, 0.25) is 5.91 Å². The number of amides is 1. The zero-order valence-electron chi connectivity index (χ0n) is 21.6. The maximum atomic E-state index is 13.4. The summed E-state index contributed by atoms with van der Waals surface area (Å²) < 4.78 is 1.92. The maximum absolute atomic E-state index is 13.4. The number of benzene rings is 2. The molecule has 2 N–H and O–H groups in total. The van der Waals surface area contributed by atoms with Crippen LogP contribution in [0, 0.1) is 11.3 Å². The predicted octanol–water partition coefficient (Wildman–Crippen LogP) is 5.64. The normalized spacial score (nSPS) is 12.9. The Balaban J connectivity index is 1.45. The molecule has 0 radical (unpaired) electrons. The summed E-state index contributed by atoms with van der Waals surface area (Å²) in [5.74, 6) is 0.456. The Morgan fingerprint density at radius 2 is 1.70 bits per heavy atom. The largest absolute Gasteiger partial charge is 0.309 e. The van der Waals surface area contributed by atoms with Crippen LogP contribution >= 0.6 is 0 Å². The fourth-order valence-electron chi connectivity index (χ4n) is 3.98. The van der Waals surface area contributed by atoms with Crippen LogP contribution in [-0.4, -0.2) is 27.2 Å². The first-order valence-corrected chi connectivity index (χ1v) is 12.4. The Morgan fingerprint density at radius 3 is 2.30 bits per heavy atom. The number of nitriles is 1. The number of pyridine rings is 1. The molecule has 37 heavy (non-hydrogen) atoms. The summed E-state index contributed by atoms with van der Waals surface area (Å²) in [5, 5.41) is 19.9. The van der Waals surface area contributed by atoms with Crippen LogP contribution in [0.4, 0.5) is 5.82 Å². The number of rotatable bonds is 8. The van der Waals surface area contributed by atoms with E-state index >= 15 is 0 Å². The Hall–Kier alpha value is -4.28. The molecule has 2 aromatic heterocycles. The van der Waals surface area contributed by atoms with Gasteiger partial charge in [0.1, 0.15) is 11.9 Å². The molecule has 0 spiro atoms. The summed E-state index contributed by atoms with van der Waals surface area (Å²) in [6.45, 7) is 8.98. The number of hydrogen-bond acceptors (Lipinski definition) is 5. The van der Waals surface area contributed by atoms with E-state index in [0.717, 1.165) is 22.3 Å². The summed E-state index contributed by atoms with van der Waals surface area (Å²) in [7, 11) is 0. The van der Waals surface area contributed by atoms with Crippen molar-refractivity contribution >= 4 is 11.7 Å². The van der Waals surface area contributed by atoms with Gasteiger partial charge in [0.25, 0.3) is 0 Å². The Bertz CT molecular complexity index is 1360. The zero-order valence-corrected chi connectivity index (χ0v) is 21.6. The molecule has 7 nitrogen and oxygen atoms in total. The fourth-order valence-corrected chi connectivity index (χ4v) is 3.98. The van der Waals surface area contributed by atoms with Crippen LogP contribution in [0.3, 0.4) is 0 Å². The summed E-state index contributed by atoms with van der Waals surface area (Å²) in [5.41, 5.74) is 4.41. The van der Waals surface area contributed by atoms with Crippen LogP contribution in [-0.2, 0) is 10.3 Å². The van der Waals surface area contributed by atoms with Gasteiger partial charge in [0.15, 0.2) is 0 Å². The first-order valence-electron chi connectivity index (χ1n) is 12.4. The van der Waals surface area contributed by atoms with E-state index in [1.54, 1.807) is 6.20 Å². The lowest BCUT2D eigenvalue weighted by Gasteiger charge is -2.21. The SMILES string of the molecule is CC(CNC(C(=O)Nc1ccc(-c2cnn(C(C)(C)C)c2)cn1)c1ccccc1)c1ccc(C#N)cc1. The third kappa shape index (κ3) is 6.49. The molecule has 188 valence electrons. The molecule has 0 aliphatic heterocycles. The average Bonchev–Trinajstić information content (AvgIpc) is 3.41. The molecule has 7 heteroatoms. The van der Waals surface area contributed by atoms with Crippen molar-refractivity contribution < 1.29 is 4.79 Å². The summed E-state index contributed by atoms with van der Waals surface area (Å²) in [6, 6.07) is 22.5. The van der Waals surface area contributed by atoms with Crippen LogP contribution in [0.2, 0.25) is 0 Å². The smallest absolute Gasteiger partial charge is 0.247 e. The third-order valence-corrected chi connectivity index (χ3v) is 6.25. The first kappa shape index (κ1) is 25.8. The number of hydrogen-bond donors (Lipinski definition) is 2. The van der Waals surface area contributed by atoms with Crippen molar-refractivity contribution in [2.24, 2.45) is 0 Å². The highest BCUT2D eigenvalue weighted by Crippen LogP contribution is 2.23. The van der Waals surface area contributed by atoms with Crippen molar-refractivity contribution in [3.8, 4) is 17.2 Å². The number of nitrogens with one attached hydrogen (secondary N) is 2. The maximum Gasteiger partial charge on any atom is 0.247 e. The molecular weight excluding hydrogens is 460 g/mol. The highest BCUT2D eigenvalue weighted by atomic mass is 16.2. The molecule has 2 heterocycles. The van der Waals surface area contributed by atoms with E-state index in [0.29, 0.717) is 17.9 Å². The molecule has 2 aromatic carbocycles. The predicted molar refractivity (Wildman–Crippen MR) is 146 cm³/mol. The summed E-state index contributed by atoms with van der Waals surface area (Å²) in [6.07, 6.45) is 5.57. The molecule has 2 atom stereocenters. The second-order valence-corrected chi connectivity index (χ2v) is 10.2. The van der Waals surface area contributed by atoms with Gasteiger partial charge < -0.3 is 10.6 Å². The zero-order chi connectivity index (χ0) is 26.4. The second-order valence-electron chi connectivity index (χ2n) is 10.2. The topological polar surface area (TPSA) is 95.6 Å².